The third kappa shape index (κ3) is 4.27. The number of benzene rings is 2. The van der Waals surface area contributed by atoms with E-state index < -0.39 is 0 Å². The van der Waals surface area contributed by atoms with Crippen molar-refractivity contribution in [2.75, 3.05) is 13.2 Å². The van der Waals surface area contributed by atoms with Gasteiger partial charge in [-0.3, -0.25) is 9.59 Å². The first kappa shape index (κ1) is 20.3. The third-order valence-electron chi connectivity index (χ3n) is 5.48. The molecule has 0 saturated carbocycles. The molecular weight excluding hydrogens is 378 g/mol. The molecule has 2 aromatic carbocycles. The highest BCUT2D eigenvalue weighted by Gasteiger charge is 2.18. The quantitative estimate of drug-likeness (QED) is 0.653. The van der Waals surface area contributed by atoms with Gasteiger partial charge in [-0.1, -0.05) is 42.5 Å². The van der Waals surface area contributed by atoms with Crippen LogP contribution in [0.1, 0.15) is 22.3 Å². The molecule has 2 heterocycles. The second-order valence-corrected chi connectivity index (χ2v) is 7.59. The number of aromatic nitrogens is 1. The second-order valence-electron chi connectivity index (χ2n) is 7.59. The van der Waals surface area contributed by atoms with E-state index in [1.54, 1.807) is 16.7 Å². The molecule has 0 amide bonds. The SMILES string of the molecule is Cc1cccc2c1CC(=O)C=C2.Cc1cccc2ccc(=O)n(CC3OCCO3)c12. The molecule has 5 rings (SSSR count). The average Bonchev–Trinajstić information content (AvgIpc) is 3.25. The van der Waals surface area contributed by atoms with Gasteiger partial charge in [-0.15, -0.1) is 0 Å². The highest BCUT2D eigenvalue weighted by atomic mass is 16.7. The van der Waals surface area contributed by atoms with E-state index in [4.69, 9.17) is 9.47 Å². The summed E-state index contributed by atoms with van der Waals surface area (Å²) in [7, 11) is 0. The van der Waals surface area contributed by atoms with Crippen molar-refractivity contribution in [3.63, 3.8) is 0 Å². The summed E-state index contributed by atoms with van der Waals surface area (Å²) >= 11 is 0. The Bertz CT molecular complexity index is 1170. The highest BCUT2D eigenvalue weighted by molar-refractivity contribution is 5.98. The minimum absolute atomic E-state index is 0.0177. The van der Waals surface area contributed by atoms with E-state index in [0.717, 1.165) is 16.5 Å². The van der Waals surface area contributed by atoms with Gasteiger partial charge in [0.1, 0.15) is 0 Å². The summed E-state index contributed by atoms with van der Waals surface area (Å²) in [5.41, 5.74) is 5.62. The lowest BCUT2D eigenvalue weighted by atomic mass is 9.93. The van der Waals surface area contributed by atoms with E-state index in [-0.39, 0.29) is 17.6 Å². The number of allylic oxidation sites excluding steroid dienone is 1. The molecule has 1 saturated heterocycles. The summed E-state index contributed by atoms with van der Waals surface area (Å²) in [6, 6.07) is 15.6. The van der Waals surface area contributed by atoms with Crippen LogP contribution in [0.3, 0.4) is 0 Å². The molecule has 3 aromatic rings. The fourth-order valence-corrected chi connectivity index (χ4v) is 3.93. The van der Waals surface area contributed by atoms with Gasteiger partial charge < -0.3 is 14.0 Å². The standard InChI is InChI=1S/C14H15NO3.C11H10O/c1-10-3-2-4-11-5-6-12(16)15(14(10)11)9-13-17-7-8-18-13;1-8-3-2-4-9-5-6-10(12)7-11(8)9/h2-6,13H,7-9H2,1H3;2-6H,7H2,1H3. The molecule has 30 heavy (non-hydrogen) atoms. The molecule has 0 unspecified atom stereocenters. The number of aryl methyl sites for hydroxylation is 2. The Morgan fingerprint density at radius 3 is 2.43 bits per heavy atom. The number of carbonyl (C=O) groups excluding carboxylic acids is 1. The van der Waals surface area contributed by atoms with E-state index in [9.17, 15) is 9.59 Å². The van der Waals surface area contributed by atoms with Crippen LogP contribution < -0.4 is 5.56 Å². The Hall–Kier alpha value is -3.02. The molecule has 0 spiro atoms. The Labute approximate surface area is 175 Å². The maximum absolute atomic E-state index is 12.0. The minimum atomic E-state index is -0.312. The van der Waals surface area contributed by atoms with Gasteiger partial charge in [0.25, 0.3) is 5.56 Å². The molecule has 2 aliphatic rings. The van der Waals surface area contributed by atoms with Gasteiger partial charge in [0, 0.05) is 12.5 Å². The summed E-state index contributed by atoms with van der Waals surface area (Å²) in [5.74, 6) is 0.205. The zero-order valence-electron chi connectivity index (χ0n) is 17.3. The summed E-state index contributed by atoms with van der Waals surface area (Å²) in [4.78, 5) is 23.1. The van der Waals surface area contributed by atoms with Crippen molar-refractivity contribution in [2.45, 2.75) is 33.1 Å². The molecule has 5 nitrogen and oxygen atoms in total. The molecule has 0 radical (unpaired) electrons. The van der Waals surface area contributed by atoms with Gasteiger partial charge in [0.2, 0.25) is 0 Å². The van der Waals surface area contributed by atoms with Crippen molar-refractivity contribution in [3.05, 3.63) is 87.2 Å². The van der Waals surface area contributed by atoms with E-state index in [1.165, 1.54) is 16.7 Å². The number of para-hydroxylation sites is 1. The molecule has 1 fully saturated rings. The monoisotopic (exact) mass is 403 g/mol. The third-order valence-corrected chi connectivity index (χ3v) is 5.48. The van der Waals surface area contributed by atoms with Crippen molar-refractivity contribution in [1.82, 2.24) is 4.57 Å². The van der Waals surface area contributed by atoms with Gasteiger partial charge in [-0.25, -0.2) is 0 Å². The fraction of sp³-hybridized carbons (Fsp3) is 0.280. The summed E-state index contributed by atoms with van der Waals surface area (Å²) in [6.07, 6.45) is 3.81. The van der Waals surface area contributed by atoms with E-state index >= 15 is 0 Å². The van der Waals surface area contributed by atoms with Gasteiger partial charge in [-0.05, 0) is 53.6 Å². The van der Waals surface area contributed by atoms with Gasteiger partial charge in [0.15, 0.2) is 12.1 Å². The lowest BCUT2D eigenvalue weighted by Gasteiger charge is -2.15. The predicted molar refractivity (Wildman–Crippen MR) is 118 cm³/mol. The average molecular weight is 403 g/mol. The largest absolute Gasteiger partial charge is 0.348 e. The van der Waals surface area contributed by atoms with Crippen LogP contribution in [0, 0.1) is 13.8 Å². The number of pyridine rings is 1. The smallest absolute Gasteiger partial charge is 0.251 e. The normalized spacial score (nSPS) is 15.7. The van der Waals surface area contributed by atoms with Gasteiger partial charge in [0.05, 0.1) is 25.3 Å². The molecular formula is C25H25NO4. The fourth-order valence-electron chi connectivity index (χ4n) is 3.93. The maximum atomic E-state index is 12.0. The van der Waals surface area contributed by atoms with Crippen molar-refractivity contribution in [2.24, 2.45) is 0 Å². The maximum Gasteiger partial charge on any atom is 0.251 e. The molecule has 0 bridgehead atoms. The molecule has 0 N–H and O–H groups in total. The molecule has 0 atom stereocenters. The van der Waals surface area contributed by atoms with E-state index in [1.807, 2.05) is 62.4 Å². The Morgan fingerprint density at radius 1 is 0.900 bits per heavy atom. The zero-order valence-corrected chi connectivity index (χ0v) is 17.3. The Balaban J connectivity index is 0.000000158. The zero-order chi connectivity index (χ0) is 21.1. The molecule has 1 aliphatic heterocycles. The summed E-state index contributed by atoms with van der Waals surface area (Å²) in [6.45, 7) is 5.70. The molecule has 1 aromatic heterocycles. The number of carbonyl (C=O) groups is 1. The summed E-state index contributed by atoms with van der Waals surface area (Å²) in [5, 5.41) is 1.06. The number of fused-ring (bicyclic) bond motifs is 2. The first-order chi connectivity index (χ1) is 14.5. The molecule has 5 heteroatoms. The first-order valence-electron chi connectivity index (χ1n) is 10.1. The van der Waals surface area contributed by atoms with Crippen LogP contribution in [0.15, 0.2) is 59.4 Å². The predicted octanol–water partition coefficient (Wildman–Crippen LogP) is 3.82. The topological polar surface area (TPSA) is 57.5 Å². The van der Waals surface area contributed by atoms with Crippen LogP contribution >= 0.6 is 0 Å². The van der Waals surface area contributed by atoms with Gasteiger partial charge >= 0.3 is 0 Å². The number of rotatable bonds is 2. The number of hydrogen-bond donors (Lipinski definition) is 0. The van der Waals surface area contributed by atoms with Crippen LogP contribution in [0.2, 0.25) is 0 Å². The second kappa shape index (κ2) is 8.78. The lowest BCUT2D eigenvalue weighted by molar-refractivity contribution is -0.114. The van der Waals surface area contributed by atoms with Crippen molar-refractivity contribution in [1.29, 1.82) is 0 Å². The number of ether oxygens (including phenoxy) is 2. The number of ketones is 1. The van der Waals surface area contributed by atoms with Crippen LogP contribution in [0.25, 0.3) is 17.0 Å². The molecule has 154 valence electrons. The van der Waals surface area contributed by atoms with Crippen LogP contribution in [0.4, 0.5) is 0 Å². The number of nitrogens with zero attached hydrogens (tertiary/aromatic N) is 1. The first-order valence-corrected chi connectivity index (χ1v) is 10.1. The number of hydrogen-bond acceptors (Lipinski definition) is 4. The van der Waals surface area contributed by atoms with Crippen LogP contribution in [0.5, 0.6) is 0 Å². The van der Waals surface area contributed by atoms with Crippen molar-refractivity contribution >= 4 is 22.8 Å². The molecule has 1 aliphatic carbocycles. The van der Waals surface area contributed by atoms with Crippen molar-refractivity contribution in [3.8, 4) is 0 Å². The lowest BCUT2D eigenvalue weighted by Crippen LogP contribution is -2.27. The van der Waals surface area contributed by atoms with Crippen LogP contribution in [-0.2, 0) is 27.2 Å². The highest BCUT2D eigenvalue weighted by Crippen LogP contribution is 2.20. The summed E-state index contributed by atoms with van der Waals surface area (Å²) < 4.78 is 12.6. The minimum Gasteiger partial charge on any atom is -0.348 e. The van der Waals surface area contributed by atoms with Crippen LogP contribution in [-0.4, -0.2) is 29.9 Å². The Morgan fingerprint density at radius 2 is 1.63 bits per heavy atom. The van der Waals surface area contributed by atoms with E-state index in [0.29, 0.717) is 26.2 Å². The Kier molecular flexibility index (Phi) is 5.93. The van der Waals surface area contributed by atoms with Gasteiger partial charge in [-0.2, -0.15) is 0 Å². The van der Waals surface area contributed by atoms with Crippen molar-refractivity contribution < 1.29 is 14.3 Å². The van der Waals surface area contributed by atoms with E-state index in [2.05, 4.69) is 0 Å².